The molecular formula is C17H18BrNO. The number of halogens is 1. The molecule has 0 spiro atoms. The van der Waals surface area contributed by atoms with Crippen molar-refractivity contribution in [2.45, 2.75) is 25.2 Å². The highest BCUT2D eigenvalue weighted by atomic mass is 79.9. The fourth-order valence-electron chi connectivity index (χ4n) is 2.07. The number of alkyl halides is 1. The zero-order valence-electron chi connectivity index (χ0n) is 11.5. The molecule has 104 valence electrons. The summed E-state index contributed by atoms with van der Waals surface area (Å²) < 4.78 is 0. The Morgan fingerprint density at radius 1 is 1.10 bits per heavy atom. The van der Waals surface area contributed by atoms with E-state index in [0.29, 0.717) is 13.0 Å². The third-order valence-electron chi connectivity index (χ3n) is 3.25. The van der Waals surface area contributed by atoms with E-state index in [1.807, 2.05) is 43.3 Å². The van der Waals surface area contributed by atoms with Crippen LogP contribution in [0.4, 0.5) is 0 Å². The Kier molecular flexibility index (Phi) is 5.36. The van der Waals surface area contributed by atoms with Crippen molar-refractivity contribution in [3.05, 3.63) is 70.8 Å². The molecule has 0 aliphatic rings. The lowest BCUT2D eigenvalue weighted by atomic mass is 10.1. The Morgan fingerprint density at radius 2 is 1.85 bits per heavy atom. The zero-order chi connectivity index (χ0) is 14.4. The van der Waals surface area contributed by atoms with Gasteiger partial charge in [0.15, 0.2) is 0 Å². The second-order valence-electron chi connectivity index (χ2n) is 4.83. The lowest BCUT2D eigenvalue weighted by Gasteiger charge is -2.08. The van der Waals surface area contributed by atoms with Gasteiger partial charge in [-0.1, -0.05) is 64.5 Å². The molecule has 0 unspecified atom stereocenters. The van der Waals surface area contributed by atoms with Crippen molar-refractivity contribution in [2.24, 2.45) is 0 Å². The molecule has 0 heterocycles. The number of hydrogen-bond donors (Lipinski definition) is 1. The molecule has 2 rings (SSSR count). The predicted octanol–water partition coefficient (Wildman–Crippen LogP) is 3.75. The molecule has 0 aliphatic heterocycles. The third-order valence-corrected chi connectivity index (χ3v) is 3.90. The van der Waals surface area contributed by atoms with Gasteiger partial charge >= 0.3 is 0 Å². The molecule has 20 heavy (non-hydrogen) atoms. The minimum atomic E-state index is 0.0588. The molecule has 0 aromatic heterocycles. The van der Waals surface area contributed by atoms with E-state index in [-0.39, 0.29) is 5.91 Å². The van der Waals surface area contributed by atoms with E-state index in [2.05, 4.69) is 33.4 Å². The maximum absolute atomic E-state index is 12.0. The minimum Gasteiger partial charge on any atom is -0.352 e. The second kappa shape index (κ2) is 7.25. The SMILES string of the molecule is Cc1ccccc1CC(=O)NCc1cccc(CBr)c1. The highest BCUT2D eigenvalue weighted by Crippen LogP contribution is 2.10. The molecule has 0 radical (unpaired) electrons. The Bertz CT molecular complexity index is 595. The summed E-state index contributed by atoms with van der Waals surface area (Å²) in [4.78, 5) is 12.0. The highest BCUT2D eigenvalue weighted by molar-refractivity contribution is 9.08. The standard InChI is InChI=1S/C17H18BrNO/c1-13-5-2-3-8-16(13)10-17(20)19-12-15-7-4-6-14(9-15)11-18/h2-9H,10-12H2,1H3,(H,19,20). The predicted molar refractivity (Wildman–Crippen MR) is 85.8 cm³/mol. The fourth-order valence-corrected chi connectivity index (χ4v) is 2.42. The Hall–Kier alpha value is -1.61. The molecule has 0 fully saturated rings. The number of hydrogen-bond acceptors (Lipinski definition) is 1. The molecule has 3 heteroatoms. The van der Waals surface area contributed by atoms with Gasteiger partial charge in [0, 0.05) is 11.9 Å². The van der Waals surface area contributed by atoms with Crippen LogP contribution in [0.25, 0.3) is 0 Å². The summed E-state index contributed by atoms with van der Waals surface area (Å²) in [5.74, 6) is 0.0588. The molecule has 0 saturated carbocycles. The summed E-state index contributed by atoms with van der Waals surface area (Å²) in [7, 11) is 0. The van der Waals surface area contributed by atoms with E-state index in [4.69, 9.17) is 0 Å². The Labute approximate surface area is 128 Å². The average Bonchev–Trinajstić information content (AvgIpc) is 2.48. The van der Waals surface area contributed by atoms with Crippen molar-refractivity contribution < 1.29 is 4.79 Å². The van der Waals surface area contributed by atoms with Crippen LogP contribution >= 0.6 is 15.9 Å². The van der Waals surface area contributed by atoms with Crippen LogP contribution in [-0.4, -0.2) is 5.91 Å². The molecule has 0 aliphatic carbocycles. The summed E-state index contributed by atoms with van der Waals surface area (Å²) in [5.41, 5.74) is 4.58. The summed E-state index contributed by atoms with van der Waals surface area (Å²) in [6.07, 6.45) is 0.435. The quantitative estimate of drug-likeness (QED) is 0.830. The van der Waals surface area contributed by atoms with Gasteiger partial charge in [0.05, 0.1) is 6.42 Å². The van der Waals surface area contributed by atoms with Gasteiger partial charge in [-0.3, -0.25) is 4.79 Å². The first-order valence-electron chi connectivity index (χ1n) is 6.64. The van der Waals surface area contributed by atoms with Crippen LogP contribution in [0.3, 0.4) is 0 Å². The van der Waals surface area contributed by atoms with E-state index >= 15 is 0 Å². The van der Waals surface area contributed by atoms with Gasteiger partial charge in [-0.05, 0) is 29.2 Å². The first-order chi connectivity index (χ1) is 9.69. The average molecular weight is 332 g/mol. The van der Waals surface area contributed by atoms with E-state index in [1.54, 1.807) is 0 Å². The van der Waals surface area contributed by atoms with Crippen LogP contribution in [0, 0.1) is 6.92 Å². The Balaban J connectivity index is 1.90. The van der Waals surface area contributed by atoms with Crippen LogP contribution in [0.5, 0.6) is 0 Å². The van der Waals surface area contributed by atoms with Gasteiger partial charge in [0.2, 0.25) is 5.91 Å². The van der Waals surface area contributed by atoms with Crippen molar-refractivity contribution in [3.63, 3.8) is 0 Å². The van der Waals surface area contributed by atoms with Gasteiger partial charge in [0.25, 0.3) is 0 Å². The number of nitrogens with one attached hydrogen (secondary N) is 1. The molecule has 0 atom stereocenters. The number of carbonyl (C=O) groups excluding carboxylic acids is 1. The lowest BCUT2D eigenvalue weighted by molar-refractivity contribution is -0.120. The summed E-state index contributed by atoms with van der Waals surface area (Å²) >= 11 is 3.44. The fraction of sp³-hybridized carbons (Fsp3) is 0.235. The number of rotatable bonds is 5. The number of benzene rings is 2. The molecule has 1 amide bonds. The van der Waals surface area contributed by atoms with Crippen molar-refractivity contribution in [1.82, 2.24) is 5.32 Å². The van der Waals surface area contributed by atoms with E-state index in [1.165, 1.54) is 5.56 Å². The van der Waals surface area contributed by atoms with Crippen LogP contribution in [0.2, 0.25) is 0 Å². The highest BCUT2D eigenvalue weighted by Gasteiger charge is 2.05. The van der Waals surface area contributed by atoms with Gasteiger partial charge in [-0.25, -0.2) is 0 Å². The summed E-state index contributed by atoms with van der Waals surface area (Å²) in [6.45, 7) is 2.60. The van der Waals surface area contributed by atoms with Crippen LogP contribution < -0.4 is 5.32 Å². The summed E-state index contributed by atoms with van der Waals surface area (Å²) in [6, 6.07) is 16.2. The lowest BCUT2D eigenvalue weighted by Crippen LogP contribution is -2.24. The van der Waals surface area contributed by atoms with Crippen molar-refractivity contribution in [2.75, 3.05) is 0 Å². The van der Waals surface area contributed by atoms with Crippen molar-refractivity contribution in [3.8, 4) is 0 Å². The minimum absolute atomic E-state index is 0.0588. The van der Waals surface area contributed by atoms with Crippen molar-refractivity contribution in [1.29, 1.82) is 0 Å². The molecule has 2 nitrogen and oxygen atoms in total. The van der Waals surface area contributed by atoms with E-state index < -0.39 is 0 Å². The van der Waals surface area contributed by atoms with E-state index in [0.717, 1.165) is 22.0 Å². The Morgan fingerprint density at radius 3 is 2.60 bits per heavy atom. The van der Waals surface area contributed by atoms with E-state index in [9.17, 15) is 4.79 Å². The van der Waals surface area contributed by atoms with Gasteiger partial charge in [-0.2, -0.15) is 0 Å². The zero-order valence-corrected chi connectivity index (χ0v) is 13.1. The maximum Gasteiger partial charge on any atom is 0.224 e. The van der Waals surface area contributed by atoms with Crippen molar-refractivity contribution >= 4 is 21.8 Å². The van der Waals surface area contributed by atoms with Crippen LogP contribution in [-0.2, 0) is 23.1 Å². The topological polar surface area (TPSA) is 29.1 Å². The smallest absolute Gasteiger partial charge is 0.224 e. The van der Waals surface area contributed by atoms with Crippen LogP contribution in [0.15, 0.2) is 48.5 Å². The van der Waals surface area contributed by atoms with Crippen LogP contribution in [0.1, 0.15) is 22.3 Å². The monoisotopic (exact) mass is 331 g/mol. The molecular weight excluding hydrogens is 314 g/mol. The molecule has 0 bridgehead atoms. The molecule has 2 aromatic carbocycles. The van der Waals surface area contributed by atoms with Gasteiger partial charge in [0.1, 0.15) is 0 Å². The normalized spacial score (nSPS) is 10.3. The molecule has 0 saturated heterocycles. The second-order valence-corrected chi connectivity index (χ2v) is 5.39. The largest absolute Gasteiger partial charge is 0.352 e. The molecule has 1 N–H and O–H groups in total. The number of amides is 1. The van der Waals surface area contributed by atoms with Gasteiger partial charge in [-0.15, -0.1) is 0 Å². The summed E-state index contributed by atoms with van der Waals surface area (Å²) in [5, 5.41) is 3.80. The maximum atomic E-state index is 12.0. The third kappa shape index (κ3) is 4.20. The van der Waals surface area contributed by atoms with Gasteiger partial charge < -0.3 is 5.32 Å². The number of carbonyl (C=O) groups is 1. The molecule has 2 aromatic rings. The number of aryl methyl sites for hydroxylation is 1. The first kappa shape index (κ1) is 14.8. The first-order valence-corrected chi connectivity index (χ1v) is 7.76.